The molecule has 1 saturated heterocycles. The van der Waals surface area contributed by atoms with Crippen LogP contribution in [-0.4, -0.2) is 36.9 Å². The fraction of sp³-hybridized carbons (Fsp3) is 0.273. The topological polar surface area (TPSA) is 49.9 Å². The monoisotopic (exact) mass is 398 g/mol. The molecule has 2 aliphatic rings. The lowest BCUT2D eigenvalue weighted by molar-refractivity contribution is -0.120. The van der Waals surface area contributed by atoms with E-state index in [0.717, 1.165) is 42.4 Å². The highest BCUT2D eigenvalue weighted by atomic mass is 19.1. The van der Waals surface area contributed by atoms with Gasteiger partial charge in [-0.1, -0.05) is 12.1 Å². The number of rotatable bonds is 4. The Balaban J connectivity index is 1.84. The van der Waals surface area contributed by atoms with Crippen LogP contribution in [0.3, 0.4) is 0 Å². The number of amides is 2. The molecule has 0 aromatic heterocycles. The Morgan fingerprint density at radius 2 is 1.59 bits per heavy atom. The number of carbonyl (C=O) groups is 2. The van der Waals surface area contributed by atoms with Crippen molar-refractivity contribution in [1.82, 2.24) is 4.90 Å². The number of hydrogen-bond donors (Lipinski definition) is 0. The highest BCUT2D eigenvalue weighted by Gasteiger charge is 2.43. The maximum atomic E-state index is 14.4. The minimum atomic E-state index is -0.831. The highest BCUT2D eigenvalue weighted by Crippen LogP contribution is 2.37. The van der Waals surface area contributed by atoms with Crippen molar-refractivity contribution in [2.24, 2.45) is 0 Å². The van der Waals surface area contributed by atoms with Crippen molar-refractivity contribution in [3.05, 3.63) is 65.4 Å². The van der Waals surface area contributed by atoms with Gasteiger partial charge in [-0.05, 0) is 49.1 Å². The van der Waals surface area contributed by atoms with Crippen LogP contribution in [0.15, 0.2) is 48.2 Å². The summed E-state index contributed by atoms with van der Waals surface area (Å²) in [5.41, 5.74) is 0.591. The molecule has 2 aliphatic heterocycles. The van der Waals surface area contributed by atoms with E-state index < -0.39 is 23.4 Å². The number of hydrogen-bond acceptors (Lipinski definition) is 4. The van der Waals surface area contributed by atoms with Gasteiger partial charge in [-0.25, -0.2) is 13.7 Å². The lowest BCUT2D eigenvalue weighted by atomic mass is 10.0. The summed E-state index contributed by atoms with van der Waals surface area (Å²) in [6, 6.07) is 9.50. The number of anilines is 1. The smallest absolute Gasteiger partial charge is 0.282 e. The molecule has 0 saturated carbocycles. The second-order valence-corrected chi connectivity index (χ2v) is 7.04. The van der Waals surface area contributed by atoms with Crippen LogP contribution in [0, 0.1) is 11.6 Å². The molecule has 1 fully saturated rings. The molecule has 2 aromatic carbocycles. The molecular weight excluding hydrogens is 378 g/mol. The van der Waals surface area contributed by atoms with Crippen LogP contribution in [0.5, 0.6) is 5.75 Å². The average molecular weight is 398 g/mol. The first-order valence-electron chi connectivity index (χ1n) is 9.48. The first kappa shape index (κ1) is 19.1. The van der Waals surface area contributed by atoms with Gasteiger partial charge in [0.15, 0.2) is 0 Å². The number of benzene rings is 2. The van der Waals surface area contributed by atoms with Gasteiger partial charge in [0.05, 0.1) is 18.4 Å². The summed E-state index contributed by atoms with van der Waals surface area (Å²) in [6.07, 6.45) is 2.84. The number of nitrogens with zero attached hydrogens (tertiary/aromatic N) is 2. The summed E-state index contributed by atoms with van der Waals surface area (Å²) in [4.78, 5) is 29.2. The molecule has 0 unspecified atom stereocenters. The van der Waals surface area contributed by atoms with Crippen molar-refractivity contribution in [2.75, 3.05) is 25.1 Å². The van der Waals surface area contributed by atoms with E-state index in [1.54, 1.807) is 24.3 Å². The van der Waals surface area contributed by atoms with Crippen molar-refractivity contribution < 1.29 is 23.1 Å². The SMILES string of the molecule is COc1ccc(C2=C(N3CCCCC3)C(=O)N(c3cc(F)ccc3F)C2=O)cc1. The molecule has 0 atom stereocenters. The third kappa shape index (κ3) is 3.37. The van der Waals surface area contributed by atoms with E-state index in [9.17, 15) is 18.4 Å². The maximum absolute atomic E-state index is 14.4. The van der Waals surface area contributed by atoms with Crippen LogP contribution in [0.4, 0.5) is 14.5 Å². The quantitative estimate of drug-likeness (QED) is 0.737. The normalized spacial score (nSPS) is 17.3. The number of likely N-dealkylation sites (tertiary alicyclic amines) is 1. The Bertz CT molecular complexity index is 996. The van der Waals surface area contributed by atoms with Crippen LogP contribution in [0.1, 0.15) is 24.8 Å². The van der Waals surface area contributed by atoms with Crippen LogP contribution in [0.25, 0.3) is 5.57 Å². The summed E-state index contributed by atoms with van der Waals surface area (Å²) in [5, 5.41) is 0. The highest BCUT2D eigenvalue weighted by molar-refractivity contribution is 6.45. The van der Waals surface area contributed by atoms with Crippen molar-refractivity contribution in [3.8, 4) is 5.75 Å². The van der Waals surface area contributed by atoms with E-state index in [-0.39, 0.29) is 17.0 Å². The molecule has 5 nitrogen and oxygen atoms in total. The predicted octanol–water partition coefficient (Wildman–Crippen LogP) is 3.74. The fourth-order valence-electron chi connectivity index (χ4n) is 3.82. The Labute approximate surface area is 167 Å². The average Bonchev–Trinajstić information content (AvgIpc) is 3.00. The van der Waals surface area contributed by atoms with Crippen LogP contribution < -0.4 is 9.64 Å². The molecule has 4 rings (SSSR count). The summed E-state index contributed by atoms with van der Waals surface area (Å²) < 4.78 is 33.3. The van der Waals surface area contributed by atoms with E-state index in [0.29, 0.717) is 24.4 Å². The molecule has 7 heteroatoms. The van der Waals surface area contributed by atoms with Crippen molar-refractivity contribution in [3.63, 3.8) is 0 Å². The zero-order chi connectivity index (χ0) is 20.5. The second kappa shape index (κ2) is 7.66. The summed E-state index contributed by atoms with van der Waals surface area (Å²) in [6.45, 7) is 1.26. The zero-order valence-electron chi connectivity index (χ0n) is 16.0. The fourth-order valence-corrected chi connectivity index (χ4v) is 3.82. The number of ether oxygens (including phenoxy) is 1. The first-order valence-corrected chi connectivity index (χ1v) is 9.48. The Hall–Kier alpha value is -3.22. The molecule has 2 heterocycles. The predicted molar refractivity (Wildman–Crippen MR) is 104 cm³/mol. The van der Waals surface area contributed by atoms with E-state index in [1.807, 2.05) is 4.90 Å². The molecule has 0 bridgehead atoms. The summed E-state index contributed by atoms with van der Waals surface area (Å²) >= 11 is 0. The van der Waals surface area contributed by atoms with Crippen LogP contribution in [0.2, 0.25) is 0 Å². The number of methoxy groups -OCH3 is 1. The molecule has 0 spiro atoms. The van der Waals surface area contributed by atoms with E-state index >= 15 is 0 Å². The molecule has 150 valence electrons. The van der Waals surface area contributed by atoms with E-state index in [2.05, 4.69) is 0 Å². The Morgan fingerprint density at radius 3 is 2.24 bits per heavy atom. The van der Waals surface area contributed by atoms with Gasteiger partial charge < -0.3 is 9.64 Å². The minimum Gasteiger partial charge on any atom is -0.497 e. The van der Waals surface area contributed by atoms with Gasteiger partial charge in [0, 0.05) is 19.2 Å². The molecule has 0 N–H and O–H groups in total. The zero-order valence-corrected chi connectivity index (χ0v) is 16.0. The lowest BCUT2D eigenvalue weighted by Gasteiger charge is -2.29. The molecule has 2 aromatic rings. The van der Waals surface area contributed by atoms with Gasteiger partial charge in [0.25, 0.3) is 11.8 Å². The number of piperidine rings is 1. The largest absolute Gasteiger partial charge is 0.497 e. The molecule has 2 amide bonds. The van der Waals surface area contributed by atoms with Crippen molar-refractivity contribution in [1.29, 1.82) is 0 Å². The third-order valence-electron chi connectivity index (χ3n) is 5.26. The lowest BCUT2D eigenvalue weighted by Crippen LogP contribution is -2.37. The van der Waals surface area contributed by atoms with Crippen LogP contribution in [-0.2, 0) is 9.59 Å². The number of imide groups is 1. The van der Waals surface area contributed by atoms with Gasteiger partial charge in [-0.2, -0.15) is 0 Å². The summed E-state index contributed by atoms with van der Waals surface area (Å²) in [5.74, 6) is -2.24. The van der Waals surface area contributed by atoms with E-state index in [1.165, 1.54) is 7.11 Å². The molecular formula is C22H20F2N2O3. The molecule has 29 heavy (non-hydrogen) atoms. The van der Waals surface area contributed by atoms with Crippen molar-refractivity contribution >= 4 is 23.1 Å². The number of carbonyl (C=O) groups excluding carboxylic acids is 2. The van der Waals surface area contributed by atoms with Gasteiger partial charge >= 0.3 is 0 Å². The third-order valence-corrected chi connectivity index (χ3v) is 5.26. The molecule has 0 radical (unpaired) electrons. The standard InChI is InChI=1S/C22H20F2N2O3/c1-29-16-8-5-14(6-9-16)19-20(25-11-3-2-4-12-25)22(28)26(21(19)27)18-13-15(23)7-10-17(18)24/h5-10,13H,2-4,11-12H2,1H3. The van der Waals surface area contributed by atoms with Crippen LogP contribution >= 0.6 is 0 Å². The van der Waals surface area contributed by atoms with E-state index in [4.69, 9.17) is 4.74 Å². The van der Waals surface area contributed by atoms with Gasteiger partial charge in [-0.3, -0.25) is 9.59 Å². The molecule has 0 aliphatic carbocycles. The van der Waals surface area contributed by atoms with Gasteiger partial charge in [0.2, 0.25) is 0 Å². The Morgan fingerprint density at radius 1 is 0.897 bits per heavy atom. The van der Waals surface area contributed by atoms with Gasteiger partial charge in [0.1, 0.15) is 23.1 Å². The Kier molecular flexibility index (Phi) is 5.05. The second-order valence-electron chi connectivity index (χ2n) is 7.04. The summed E-state index contributed by atoms with van der Waals surface area (Å²) in [7, 11) is 1.53. The maximum Gasteiger partial charge on any atom is 0.282 e. The minimum absolute atomic E-state index is 0.197. The number of halogens is 2. The van der Waals surface area contributed by atoms with Gasteiger partial charge in [-0.15, -0.1) is 0 Å². The van der Waals surface area contributed by atoms with Crippen molar-refractivity contribution in [2.45, 2.75) is 19.3 Å². The first-order chi connectivity index (χ1) is 14.0.